The van der Waals surface area contributed by atoms with Crippen LogP contribution in [-0.4, -0.2) is 32.0 Å². The molecule has 0 fully saturated rings. The first-order valence-corrected chi connectivity index (χ1v) is 3.17. The van der Waals surface area contributed by atoms with Gasteiger partial charge < -0.3 is 10.1 Å². The summed E-state index contributed by atoms with van der Waals surface area (Å²) in [7, 11) is 1.38. The number of hydrogen-bond donors (Lipinski definition) is 1. The topological polar surface area (TPSA) is 50.7 Å². The van der Waals surface area contributed by atoms with Crippen molar-refractivity contribution in [2.75, 3.05) is 13.7 Å². The summed E-state index contributed by atoms with van der Waals surface area (Å²) in [5.74, 6) is -0.217. The maximum atomic E-state index is 10.8. The van der Waals surface area contributed by atoms with Gasteiger partial charge in [0.25, 0.3) is 0 Å². The van der Waals surface area contributed by atoms with Crippen molar-refractivity contribution in [3.8, 4) is 0 Å². The van der Waals surface area contributed by atoms with Gasteiger partial charge in [-0.05, 0) is 6.42 Å². The maximum absolute atomic E-state index is 10.8. The zero-order chi connectivity index (χ0) is 7.40. The Morgan fingerprint density at radius 1 is 1.90 bits per heavy atom. The molecule has 1 unspecified atom stereocenters. The molecule has 0 aliphatic carbocycles. The van der Waals surface area contributed by atoms with Crippen LogP contribution in [0.1, 0.15) is 6.42 Å². The van der Waals surface area contributed by atoms with Gasteiger partial charge in [-0.2, -0.15) is 0 Å². The normalized spacial score (nSPS) is 23.5. The molecule has 1 atom stereocenters. The second-order valence-corrected chi connectivity index (χ2v) is 2.07. The Morgan fingerprint density at radius 2 is 2.70 bits per heavy atom. The smallest absolute Gasteiger partial charge is 0.328 e. The van der Waals surface area contributed by atoms with Crippen LogP contribution in [0.25, 0.3) is 0 Å². The van der Waals surface area contributed by atoms with E-state index in [1.165, 1.54) is 7.11 Å². The lowest BCUT2D eigenvalue weighted by molar-refractivity contribution is -0.142. The van der Waals surface area contributed by atoms with Crippen LogP contribution < -0.4 is 5.32 Å². The van der Waals surface area contributed by atoms with E-state index in [-0.39, 0.29) is 12.0 Å². The van der Waals surface area contributed by atoms with E-state index >= 15 is 0 Å². The zero-order valence-electron chi connectivity index (χ0n) is 5.83. The molecule has 1 N–H and O–H groups in total. The van der Waals surface area contributed by atoms with Gasteiger partial charge in [-0.1, -0.05) is 0 Å². The summed E-state index contributed by atoms with van der Waals surface area (Å²) in [6.07, 6.45) is 2.27. The molecule has 4 nitrogen and oxygen atoms in total. The average Bonchev–Trinajstić information content (AvgIpc) is 2.05. The van der Waals surface area contributed by atoms with Crippen LogP contribution in [0, 0.1) is 0 Å². The highest BCUT2D eigenvalue weighted by atomic mass is 16.5. The van der Waals surface area contributed by atoms with E-state index in [1.54, 1.807) is 6.34 Å². The van der Waals surface area contributed by atoms with Gasteiger partial charge >= 0.3 is 5.97 Å². The van der Waals surface area contributed by atoms with Gasteiger partial charge in [-0.15, -0.1) is 0 Å². The summed E-state index contributed by atoms with van der Waals surface area (Å²) >= 11 is 0. The van der Waals surface area contributed by atoms with Crippen molar-refractivity contribution in [1.29, 1.82) is 0 Å². The molecule has 1 aliphatic heterocycles. The highest BCUT2D eigenvalue weighted by Gasteiger charge is 2.18. The Kier molecular flexibility index (Phi) is 2.25. The lowest BCUT2D eigenvalue weighted by atomic mass is 10.2. The molecule has 0 aromatic rings. The largest absolute Gasteiger partial charge is 0.467 e. The molecule has 0 saturated carbocycles. The third-order valence-corrected chi connectivity index (χ3v) is 1.40. The lowest BCUT2D eigenvalue weighted by Gasteiger charge is -2.16. The van der Waals surface area contributed by atoms with E-state index in [9.17, 15) is 4.79 Å². The first-order chi connectivity index (χ1) is 4.84. The predicted molar refractivity (Wildman–Crippen MR) is 36.9 cm³/mol. The first-order valence-electron chi connectivity index (χ1n) is 3.17. The minimum atomic E-state index is -0.217. The fourth-order valence-corrected chi connectivity index (χ4v) is 0.822. The number of ether oxygens (including phenoxy) is 1. The van der Waals surface area contributed by atoms with Crippen molar-refractivity contribution in [3.05, 3.63) is 0 Å². The van der Waals surface area contributed by atoms with Gasteiger partial charge in [0.1, 0.15) is 6.04 Å². The molecule has 4 heteroatoms. The predicted octanol–water partition coefficient (Wildman–Crippen LogP) is -0.450. The average molecular weight is 142 g/mol. The number of nitrogens with zero attached hydrogens (tertiary/aromatic N) is 1. The van der Waals surface area contributed by atoms with Crippen LogP contribution in [0.3, 0.4) is 0 Å². The number of hydrogen-bond acceptors (Lipinski definition) is 4. The van der Waals surface area contributed by atoms with E-state index in [0.29, 0.717) is 6.54 Å². The third-order valence-electron chi connectivity index (χ3n) is 1.40. The zero-order valence-corrected chi connectivity index (χ0v) is 5.83. The second-order valence-electron chi connectivity index (χ2n) is 2.07. The summed E-state index contributed by atoms with van der Waals surface area (Å²) in [5.41, 5.74) is 0. The molecule has 0 radical (unpaired) electrons. The van der Waals surface area contributed by atoms with Gasteiger partial charge in [0, 0.05) is 6.54 Å². The van der Waals surface area contributed by atoms with E-state index in [2.05, 4.69) is 15.0 Å². The third kappa shape index (κ3) is 1.46. The minimum absolute atomic E-state index is 0.192. The van der Waals surface area contributed by atoms with Gasteiger partial charge in [0.2, 0.25) is 0 Å². The molecule has 0 saturated heterocycles. The van der Waals surface area contributed by atoms with Crippen LogP contribution >= 0.6 is 0 Å². The Balaban J connectivity index is 2.41. The van der Waals surface area contributed by atoms with Gasteiger partial charge in [0.05, 0.1) is 13.4 Å². The second kappa shape index (κ2) is 3.20. The molecule has 1 heterocycles. The quantitative estimate of drug-likeness (QED) is 0.504. The highest BCUT2D eigenvalue weighted by molar-refractivity contribution is 5.79. The number of esters is 1. The van der Waals surface area contributed by atoms with Gasteiger partial charge in [-0.25, -0.2) is 4.79 Å². The summed E-state index contributed by atoms with van der Waals surface area (Å²) in [6.45, 7) is 0.701. The number of rotatable bonds is 1. The van der Waals surface area contributed by atoms with Crippen molar-refractivity contribution in [2.24, 2.45) is 4.99 Å². The summed E-state index contributed by atoms with van der Waals surface area (Å²) in [5, 5.41) is 2.80. The van der Waals surface area contributed by atoms with Crippen molar-refractivity contribution in [3.63, 3.8) is 0 Å². The van der Waals surface area contributed by atoms with E-state index < -0.39 is 0 Å². The maximum Gasteiger partial charge on any atom is 0.328 e. The van der Waals surface area contributed by atoms with E-state index in [1.807, 2.05) is 0 Å². The molecule has 1 aliphatic rings. The number of carbonyl (C=O) groups excluding carboxylic acids is 1. The Labute approximate surface area is 59.3 Å². The first kappa shape index (κ1) is 7.05. The summed E-state index contributed by atoms with van der Waals surface area (Å²) < 4.78 is 4.53. The standard InChI is InChI=1S/C6H10N2O2/c1-10-6(9)5-2-3-7-4-8-5/h4-5H,2-3H2,1H3,(H,7,8). The van der Waals surface area contributed by atoms with Crippen LogP contribution in [0.15, 0.2) is 4.99 Å². The molecule has 10 heavy (non-hydrogen) atoms. The Morgan fingerprint density at radius 3 is 3.20 bits per heavy atom. The molecule has 0 aromatic heterocycles. The lowest BCUT2D eigenvalue weighted by Crippen LogP contribution is -2.39. The number of methoxy groups -OCH3 is 1. The van der Waals surface area contributed by atoms with Crippen LogP contribution in [0.5, 0.6) is 0 Å². The molecule has 0 bridgehead atoms. The molecule has 56 valence electrons. The number of carbonyl (C=O) groups is 1. The molecule has 0 spiro atoms. The van der Waals surface area contributed by atoms with Gasteiger partial charge in [-0.3, -0.25) is 4.99 Å². The van der Waals surface area contributed by atoms with Crippen molar-refractivity contribution in [2.45, 2.75) is 12.5 Å². The van der Waals surface area contributed by atoms with E-state index in [0.717, 1.165) is 6.42 Å². The molecule has 0 aromatic carbocycles. The summed E-state index contributed by atoms with van der Waals surface area (Å²) in [4.78, 5) is 14.7. The van der Waals surface area contributed by atoms with Crippen molar-refractivity contribution < 1.29 is 9.53 Å². The molecular formula is C6H10N2O2. The summed E-state index contributed by atoms with van der Waals surface area (Å²) in [6, 6.07) is -0.192. The fourth-order valence-electron chi connectivity index (χ4n) is 0.822. The minimum Gasteiger partial charge on any atom is -0.467 e. The fraction of sp³-hybridized carbons (Fsp3) is 0.667. The van der Waals surface area contributed by atoms with Crippen molar-refractivity contribution >= 4 is 12.3 Å². The molecule has 1 rings (SSSR count). The van der Waals surface area contributed by atoms with E-state index in [4.69, 9.17) is 0 Å². The number of nitrogens with one attached hydrogen (secondary N) is 1. The van der Waals surface area contributed by atoms with Crippen LogP contribution in [0.4, 0.5) is 0 Å². The SMILES string of the molecule is COC(=O)C1CCN=CN1. The Hall–Kier alpha value is -1.06. The molecule has 0 amide bonds. The monoisotopic (exact) mass is 142 g/mol. The van der Waals surface area contributed by atoms with Crippen LogP contribution in [-0.2, 0) is 9.53 Å². The highest BCUT2D eigenvalue weighted by Crippen LogP contribution is 1.97. The van der Waals surface area contributed by atoms with Crippen molar-refractivity contribution in [1.82, 2.24) is 5.32 Å². The van der Waals surface area contributed by atoms with Crippen LogP contribution in [0.2, 0.25) is 0 Å². The Bertz CT molecular complexity index is 156. The van der Waals surface area contributed by atoms with Gasteiger partial charge in [0.15, 0.2) is 0 Å². The molecular weight excluding hydrogens is 132 g/mol. The number of aliphatic imine (C=N–C) groups is 1.